The van der Waals surface area contributed by atoms with Gasteiger partial charge in [-0.1, -0.05) is 0 Å². The molecular weight excluding hydrogens is 324 g/mol. The Labute approximate surface area is 97.2 Å². The molecule has 0 heterocycles. The van der Waals surface area contributed by atoms with E-state index >= 15 is 0 Å². The fourth-order valence-electron chi connectivity index (χ4n) is 1.16. The number of carbonyl (C=O) groups excluding carboxylic acids is 1. The summed E-state index contributed by atoms with van der Waals surface area (Å²) in [6.07, 6.45) is -4.64. The number of ketones is 1. The minimum absolute atomic E-state index is 0.214. The maximum Gasteiger partial charge on any atom is 0.417 e. The molecular formula is C9H6F3IO2. The summed E-state index contributed by atoms with van der Waals surface area (Å²) >= 11 is 1.66. The molecule has 1 aromatic rings. The van der Waals surface area contributed by atoms with Gasteiger partial charge in [0.1, 0.15) is 5.75 Å². The Balaban J connectivity index is 3.55. The maximum absolute atomic E-state index is 12.5. The zero-order valence-corrected chi connectivity index (χ0v) is 9.68. The van der Waals surface area contributed by atoms with Crippen LogP contribution in [0.4, 0.5) is 13.2 Å². The first kappa shape index (κ1) is 12.3. The minimum atomic E-state index is -4.64. The lowest BCUT2D eigenvalue weighted by atomic mass is 10.0. The van der Waals surface area contributed by atoms with Crippen LogP contribution < -0.4 is 0 Å². The Morgan fingerprint density at radius 3 is 2.33 bits per heavy atom. The summed E-state index contributed by atoms with van der Waals surface area (Å²) in [7, 11) is 0. The Morgan fingerprint density at radius 2 is 1.93 bits per heavy atom. The van der Waals surface area contributed by atoms with Crippen molar-refractivity contribution < 1.29 is 23.1 Å². The van der Waals surface area contributed by atoms with Crippen molar-refractivity contribution in [3.8, 4) is 5.75 Å². The average molecular weight is 330 g/mol. The van der Waals surface area contributed by atoms with E-state index in [4.69, 9.17) is 0 Å². The van der Waals surface area contributed by atoms with Crippen molar-refractivity contribution in [1.82, 2.24) is 0 Å². The molecule has 0 aromatic heterocycles. The quantitative estimate of drug-likeness (QED) is 0.634. The summed E-state index contributed by atoms with van der Waals surface area (Å²) in [6, 6.07) is 1.91. The molecule has 1 N–H and O–H groups in total. The van der Waals surface area contributed by atoms with Crippen LogP contribution in [0.25, 0.3) is 0 Å². The number of Topliss-reactive ketones (excluding diaryl/α,β-unsaturated/α-hetero) is 1. The number of benzene rings is 1. The Hall–Kier alpha value is -0.790. The van der Waals surface area contributed by atoms with Gasteiger partial charge in [0.2, 0.25) is 0 Å². The smallest absolute Gasteiger partial charge is 0.417 e. The van der Waals surface area contributed by atoms with Crippen LogP contribution in [0, 0.1) is 3.57 Å². The molecule has 0 bridgehead atoms. The van der Waals surface area contributed by atoms with Crippen LogP contribution in [-0.2, 0) is 6.18 Å². The molecule has 82 valence electrons. The number of rotatable bonds is 1. The molecule has 6 heteroatoms. The predicted octanol–water partition coefficient (Wildman–Crippen LogP) is 3.22. The number of hydrogen-bond acceptors (Lipinski definition) is 2. The highest BCUT2D eigenvalue weighted by molar-refractivity contribution is 14.1. The van der Waals surface area contributed by atoms with Crippen LogP contribution >= 0.6 is 22.6 Å². The van der Waals surface area contributed by atoms with Crippen LogP contribution in [0.1, 0.15) is 22.8 Å². The van der Waals surface area contributed by atoms with Gasteiger partial charge in [-0.25, -0.2) is 0 Å². The van der Waals surface area contributed by atoms with Gasteiger partial charge < -0.3 is 5.11 Å². The van der Waals surface area contributed by atoms with Crippen molar-refractivity contribution in [2.75, 3.05) is 0 Å². The van der Waals surface area contributed by atoms with Crippen LogP contribution in [0.3, 0.4) is 0 Å². The third-order valence-corrected chi connectivity index (χ3v) is 2.66. The molecule has 0 saturated heterocycles. The van der Waals surface area contributed by atoms with E-state index in [-0.39, 0.29) is 3.57 Å². The first-order valence-electron chi connectivity index (χ1n) is 3.84. The van der Waals surface area contributed by atoms with Crippen molar-refractivity contribution in [2.24, 2.45) is 0 Å². The van der Waals surface area contributed by atoms with Crippen molar-refractivity contribution in [3.05, 3.63) is 26.8 Å². The van der Waals surface area contributed by atoms with E-state index in [1.807, 2.05) is 0 Å². The van der Waals surface area contributed by atoms with Crippen molar-refractivity contribution >= 4 is 28.4 Å². The molecule has 0 fully saturated rings. The van der Waals surface area contributed by atoms with Crippen LogP contribution in [0.15, 0.2) is 12.1 Å². The molecule has 2 nitrogen and oxygen atoms in total. The van der Waals surface area contributed by atoms with Crippen molar-refractivity contribution in [1.29, 1.82) is 0 Å². The highest BCUT2D eigenvalue weighted by Crippen LogP contribution is 2.37. The lowest BCUT2D eigenvalue weighted by molar-refractivity contribution is -0.138. The van der Waals surface area contributed by atoms with Gasteiger partial charge in [-0.3, -0.25) is 4.79 Å². The fourth-order valence-corrected chi connectivity index (χ4v) is 1.61. The minimum Gasteiger partial charge on any atom is -0.506 e. The molecule has 1 aromatic carbocycles. The van der Waals surface area contributed by atoms with Crippen molar-refractivity contribution in [3.63, 3.8) is 0 Å². The zero-order valence-electron chi connectivity index (χ0n) is 7.52. The molecule has 0 unspecified atom stereocenters. The summed E-state index contributed by atoms with van der Waals surface area (Å²) in [5.74, 6) is -1.42. The molecule has 0 aliphatic carbocycles. The number of phenolic OH excluding ortho intramolecular Hbond substituents is 1. The second-order valence-corrected chi connectivity index (χ2v) is 4.03. The average Bonchev–Trinajstić information content (AvgIpc) is 2.06. The summed E-state index contributed by atoms with van der Waals surface area (Å²) in [6.45, 7) is 0.986. The van der Waals surface area contributed by atoms with Gasteiger partial charge in [-0.2, -0.15) is 13.2 Å². The molecule has 0 aliphatic rings. The van der Waals surface area contributed by atoms with Crippen LogP contribution in [-0.4, -0.2) is 10.9 Å². The molecule has 0 saturated carbocycles. The van der Waals surface area contributed by atoms with Gasteiger partial charge in [0.15, 0.2) is 5.78 Å². The lowest BCUT2D eigenvalue weighted by Crippen LogP contribution is -2.12. The number of aromatic hydroxyl groups is 1. The normalized spacial score (nSPS) is 11.5. The standard InChI is InChI=1S/C9H6F3IO2/c1-4(14)7-5(9(10,11)12)2-3-6(13)8(7)15/h2-3,15H,1H3. The molecule has 0 amide bonds. The van der Waals surface area contributed by atoms with Gasteiger partial charge in [0.05, 0.1) is 14.7 Å². The first-order valence-corrected chi connectivity index (χ1v) is 4.92. The molecule has 0 spiro atoms. The predicted molar refractivity (Wildman–Crippen MR) is 55.8 cm³/mol. The Kier molecular flexibility index (Phi) is 3.27. The molecule has 15 heavy (non-hydrogen) atoms. The number of carbonyl (C=O) groups is 1. The Bertz CT molecular complexity index is 413. The third kappa shape index (κ3) is 2.42. The first-order chi connectivity index (χ1) is 6.75. The van der Waals surface area contributed by atoms with Crippen molar-refractivity contribution in [2.45, 2.75) is 13.1 Å². The SMILES string of the molecule is CC(=O)c1c(C(F)(F)F)ccc(I)c1O. The largest absolute Gasteiger partial charge is 0.506 e. The van der Waals surface area contributed by atoms with Gasteiger partial charge >= 0.3 is 6.18 Å². The lowest BCUT2D eigenvalue weighted by Gasteiger charge is -2.12. The topological polar surface area (TPSA) is 37.3 Å². The fraction of sp³-hybridized carbons (Fsp3) is 0.222. The van der Waals surface area contributed by atoms with E-state index in [0.717, 1.165) is 19.1 Å². The summed E-state index contributed by atoms with van der Waals surface area (Å²) in [5.41, 5.74) is -1.78. The monoisotopic (exact) mass is 330 g/mol. The third-order valence-electron chi connectivity index (χ3n) is 1.79. The second-order valence-electron chi connectivity index (χ2n) is 2.87. The number of hydrogen-bond donors (Lipinski definition) is 1. The molecule has 0 aliphatic heterocycles. The van der Waals surface area contributed by atoms with E-state index in [0.29, 0.717) is 0 Å². The van der Waals surface area contributed by atoms with E-state index in [2.05, 4.69) is 0 Å². The Morgan fingerprint density at radius 1 is 1.40 bits per heavy atom. The van der Waals surface area contributed by atoms with Crippen LogP contribution in [0.2, 0.25) is 0 Å². The maximum atomic E-state index is 12.5. The second kappa shape index (κ2) is 3.99. The summed E-state index contributed by atoms with van der Waals surface area (Å²) < 4.78 is 37.6. The van der Waals surface area contributed by atoms with Gasteiger partial charge in [0, 0.05) is 0 Å². The number of alkyl halides is 3. The van der Waals surface area contributed by atoms with E-state index < -0.39 is 28.8 Å². The van der Waals surface area contributed by atoms with E-state index in [9.17, 15) is 23.1 Å². The highest BCUT2D eigenvalue weighted by atomic mass is 127. The van der Waals surface area contributed by atoms with Gasteiger partial charge in [-0.05, 0) is 41.6 Å². The number of halogens is 4. The van der Waals surface area contributed by atoms with E-state index in [1.54, 1.807) is 22.6 Å². The molecule has 1 rings (SSSR count). The van der Waals surface area contributed by atoms with Gasteiger partial charge in [-0.15, -0.1) is 0 Å². The molecule has 0 radical (unpaired) electrons. The number of phenols is 1. The van der Waals surface area contributed by atoms with Gasteiger partial charge in [0.25, 0.3) is 0 Å². The summed E-state index contributed by atoms with van der Waals surface area (Å²) in [5, 5.41) is 9.38. The van der Waals surface area contributed by atoms with E-state index in [1.165, 1.54) is 0 Å². The zero-order chi connectivity index (χ0) is 11.8. The highest BCUT2D eigenvalue weighted by Gasteiger charge is 2.36. The van der Waals surface area contributed by atoms with Crippen LogP contribution in [0.5, 0.6) is 5.75 Å². The molecule has 0 atom stereocenters. The summed E-state index contributed by atoms with van der Waals surface area (Å²) in [4.78, 5) is 11.0.